The number of hydrogen-bond donors (Lipinski definition) is 1. The van der Waals surface area contributed by atoms with E-state index in [4.69, 9.17) is 0 Å². The Kier molecular flexibility index (Phi) is 5.01. The maximum absolute atomic E-state index is 11.8. The molecule has 0 aromatic heterocycles. The molecule has 0 saturated heterocycles. The molecule has 0 saturated carbocycles. The molecule has 0 unspecified atom stereocenters. The minimum Gasteiger partial charge on any atom is -0.282 e. The molecule has 0 fully saturated rings. The molecule has 0 atom stereocenters. The average Bonchev–Trinajstić information content (AvgIpc) is 2.20. The highest BCUT2D eigenvalue weighted by atomic mass is 79.9. The predicted molar refractivity (Wildman–Crippen MR) is 75.7 cm³/mol. The number of aryl methyl sites for hydroxylation is 1. The van der Waals surface area contributed by atoms with Gasteiger partial charge in [-0.3, -0.25) is 4.72 Å². The number of sulfonamides is 1. The van der Waals surface area contributed by atoms with Gasteiger partial charge in [0.05, 0.1) is 11.4 Å². The highest BCUT2D eigenvalue weighted by Crippen LogP contribution is 2.24. The van der Waals surface area contributed by atoms with Crippen molar-refractivity contribution in [2.24, 2.45) is 5.92 Å². The molecule has 0 radical (unpaired) electrons. The van der Waals surface area contributed by atoms with Crippen molar-refractivity contribution in [2.45, 2.75) is 27.2 Å². The van der Waals surface area contributed by atoms with Crippen molar-refractivity contribution in [1.29, 1.82) is 0 Å². The van der Waals surface area contributed by atoms with Crippen molar-refractivity contribution in [2.75, 3.05) is 10.5 Å². The quantitative estimate of drug-likeness (QED) is 0.902. The zero-order chi connectivity index (χ0) is 13.1. The standard InChI is InChI=1S/C12H18BrNO2S/c1-9(2)6-7-17(15,16)14-12-8-10(3)4-5-11(12)13/h4-5,8-9,14H,6-7H2,1-3H3. The molecule has 0 aliphatic carbocycles. The van der Waals surface area contributed by atoms with Gasteiger partial charge in [0.1, 0.15) is 0 Å². The molecule has 0 heterocycles. The van der Waals surface area contributed by atoms with Gasteiger partial charge >= 0.3 is 0 Å². The number of halogens is 1. The Morgan fingerprint density at radius 1 is 1.35 bits per heavy atom. The van der Waals surface area contributed by atoms with Crippen molar-refractivity contribution in [3.05, 3.63) is 28.2 Å². The Morgan fingerprint density at radius 2 is 2.00 bits per heavy atom. The van der Waals surface area contributed by atoms with Gasteiger partial charge in [-0.1, -0.05) is 19.9 Å². The summed E-state index contributed by atoms with van der Waals surface area (Å²) in [5, 5.41) is 0. The zero-order valence-corrected chi connectivity index (χ0v) is 12.7. The predicted octanol–water partition coefficient (Wildman–Crippen LogP) is 3.55. The van der Waals surface area contributed by atoms with Crippen LogP contribution in [0.1, 0.15) is 25.8 Å². The SMILES string of the molecule is Cc1ccc(Br)c(NS(=O)(=O)CCC(C)C)c1. The molecule has 3 nitrogen and oxygen atoms in total. The Bertz CT molecular complexity index is 483. The van der Waals surface area contributed by atoms with Crippen molar-refractivity contribution in [1.82, 2.24) is 0 Å². The van der Waals surface area contributed by atoms with E-state index in [9.17, 15) is 8.42 Å². The van der Waals surface area contributed by atoms with Crippen LogP contribution in [0.3, 0.4) is 0 Å². The molecule has 0 bridgehead atoms. The lowest BCUT2D eigenvalue weighted by atomic mass is 10.2. The monoisotopic (exact) mass is 319 g/mol. The topological polar surface area (TPSA) is 46.2 Å². The zero-order valence-electron chi connectivity index (χ0n) is 10.3. The van der Waals surface area contributed by atoms with Crippen LogP contribution in [0.4, 0.5) is 5.69 Å². The summed E-state index contributed by atoms with van der Waals surface area (Å²) in [6.07, 6.45) is 0.665. The Balaban J connectivity index is 2.79. The third-order valence-electron chi connectivity index (χ3n) is 2.35. The number of rotatable bonds is 5. The van der Waals surface area contributed by atoms with Crippen molar-refractivity contribution in [3.63, 3.8) is 0 Å². The second kappa shape index (κ2) is 5.87. The first kappa shape index (κ1) is 14.5. The minimum absolute atomic E-state index is 0.158. The molecule has 1 aromatic carbocycles. The van der Waals surface area contributed by atoms with Crippen LogP contribution < -0.4 is 4.72 Å². The average molecular weight is 320 g/mol. The molecule has 0 spiro atoms. The van der Waals surface area contributed by atoms with E-state index in [1.807, 2.05) is 39.0 Å². The fourth-order valence-electron chi connectivity index (χ4n) is 1.33. The van der Waals surface area contributed by atoms with Crippen molar-refractivity contribution in [3.8, 4) is 0 Å². The Morgan fingerprint density at radius 3 is 2.59 bits per heavy atom. The van der Waals surface area contributed by atoms with Gasteiger partial charge in [-0.25, -0.2) is 8.42 Å². The number of anilines is 1. The summed E-state index contributed by atoms with van der Waals surface area (Å²) in [4.78, 5) is 0. The van der Waals surface area contributed by atoms with E-state index in [2.05, 4.69) is 20.7 Å². The first-order valence-electron chi connectivity index (χ1n) is 5.57. The number of hydrogen-bond acceptors (Lipinski definition) is 2. The van der Waals surface area contributed by atoms with Crippen LogP contribution in [0, 0.1) is 12.8 Å². The number of benzene rings is 1. The molecular formula is C12H18BrNO2S. The highest BCUT2D eigenvalue weighted by Gasteiger charge is 2.13. The molecule has 0 aliphatic heterocycles. The maximum Gasteiger partial charge on any atom is 0.232 e. The Labute approximate surface area is 112 Å². The molecule has 17 heavy (non-hydrogen) atoms. The summed E-state index contributed by atoms with van der Waals surface area (Å²) >= 11 is 3.34. The van der Waals surface area contributed by atoms with E-state index >= 15 is 0 Å². The van der Waals surface area contributed by atoms with Crippen LogP contribution >= 0.6 is 15.9 Å². The lowest BCUT2D eigenvalue weighted by molar-refractivity contribution is 0.578. The van der Waals surface area contributed by atoms with Gasteiger partial charge in [-0.05, 0) is 52.9 Å². The normalized spacial score (nSPS) is 11.8. The van der Waals surface area contributed by atoms with Crippen LogP contribution in [0.25, 0.3) is 0 Å². The summed E-state index contributed by atoms with van der Waals surface area (Å²) in [5.74, 6) is 0.540. The largest absolute Gasteiger partial charge is 0.282 e. The van der Waals surface area contributed by atoms with Crippen LogP contribution in [0.15, 0.2) is 22.7 Å². The molecule has 5 heteroatoms. The second-order valence-electron chi connectivity index (χ2n) is 4.59. The van der Waals surface area contributed by atoms with Crippen molar-refractivity contribution < 1.29 is 8.42 Å². The van der Waals surface area contributed by atoms with Gasteiger partial charge in [-0.2, -0.15) is 0 Å². The third-order valence-corrected chi connectivity index (χ3v) is 4.35. The fourth-order valence-corrected chi connectivity index (χ4v) is 3.19. The van der Waals surface area contributed by atoms with Gasteiger partial charge in [-0.15, -0.1) is 0 Å². The van der Waals surface area contributed by atoms with Gasteiger partial charge in [0, 0.05) is 4.47 Å². The van der Waals surface area contributed by atoms with Gasteiger partial charge in [0.2, 0.25) is 10.0 Å². The van der Waals surface area contributed by atoms with Crippen LogP contribution in [-0.2, 0) is 10.0 Å². The summed E-state index contributed by atoms with van der Waals surface area (Å²) in [6, 6.07) is 5.59. The van der Waals surface area contributed by atoms with E-state index in [0.717, 1.165) is 10.0 Å². The highest BCUT2D eigenvalue weighted by molar-refractivity contribution is 9.10. The smallest absolute Gasteiger partial charge is 0.232 e. The molecule has 1 rings (SSSR count). The summed E-state index contributed by atoms with van der Waals surface area (Å²) in [5.41, 5.74) is 1.63. The van der Waals surface area contributed by atoms with E-state index in [-0.39, 0.29) is 5.75 Å². The summed E-state index contributed by atoms with van der Waals surface area (Å²) in [6.45, 7) is 5.95. The van der Waals surface area contributed by atoms with Crippen molar-refractivity contribution >= 4 is 31.6 Å². The molecule has 0 amide bonds. The van der Waals surface area contributed by atoms with Gasteiger partial charge < -0.3 is 0 Å². The van der Waals surface area contributed by atoms with Crippen LogP contribution in [0.2, 0.25) is 0 Å². The van der Waals surface area contributed by atoms with E-state index in [1.54, 1.807) is 0 Å². The fraction of sp³-hybridized carbons (Fsp3) is 0.500. The second-order valence-corrected chi connectivity index (χ2v) is 7.28. The number of nitrogens with one attached hydrogen (secondary N) is 1. The van der Waals surface area contributed by atoms with Gasteiger partial charge in [0.15, 0.2) is 0 Å². The maximum atomic E-state index is 11.8. The lowest BCUT2D eigenvalue weighted by Gasteiger charge is -2.11. The first-order valence-corrected chi connectivity index (χ1v) is 8.01. The summed E-state index contributed by atoms with van der Waals surface area (Å²) in [7, 11) is -3.25. The van der Waals surface area contributed by atoms with Gasteiger partial charge in [0.25, 0.3) is 0 Å². The minimum atomic E-state index is -3.25. The third kappa shape index (κ3) is 5.08. The lowest BCUT2D eigenvalue weighted by Crippen LogP contribution is -2.18. The first-order chi connectivity index (χ1) is 7.80. The molecule has 1 N–H and O–H groups in total. The van der Waals surface area contributed by atoms with Crippen LogP contribution in [-0.4, -0.2) is 14.2 Å². The molecular weight excluding hydrogens is 302 g/mol. The molecule has 96 valence electrons. The Hall–Kier alpha value is -0.550. The van der Waals surface area contributed by atoms with E-state index < -0.39 is 10.0 Å². The van der Waals surface area contributed by atoms with E-state index in [1.165, 1.54) is 0 Å². The van der Waals surface area contributed by atoms with Crippen LogP contribution in [0.5, 0.6) is 0 Å². The summed E-state index contributed by atoms with van der Waals surface area (Å²) < 4.78 is 27.0. The molecule has 0 aliphatic rings. The molecule has 1 aromatic rings. The van der Waals surface area contributed by atoms with E-state index in [0.29, 0.717) is 18.0 Å².